The lowest BCUT2D eigenvalue weighted by Crippen LogP contribution is -2.18. The van der Waals surface area contributed by atoms with Crippen LogP contribution in [-0.2, 0) is 5.60 Å². The standard InChI is InChI=1S/C28H25ClN4O2/c1-28(2,34)24-8-3-4-9-27(24)35-18-26(32-33-30)21-7-5-6-19(16-21)10-14-23-15-12-20-11-13-22(29)17-25(20)31-23/h3-17,26,34H,18H2,1-2H3. The van der Waals surface area contributed by atoms with E-state index in [1.165, 1.54) is 0 Å². The molecule has 0 spiro atoms. The van der Waals surface area contributed by atoms with Crippen molar-refractivity contribution in [2.75, 3.05) is 6.61 Å². The molecule has 0 radical (unpaired) electrons. The van der Waals surface area contributed by atoms with Gasteiger partial charge in [0.1, 0.15) is 12.4 Å². The molecule has 1 N–H and O–H groups in total. The Bertz CT molecular complexity index is 1420. The molecular formula is C28H25ClN4O2. The van der Waals surface area contributed by atoms with Crippen molar-refractivity contribution in [1.82, 2.24) is 4.98 Å². The zero-order chi connectivity index (χ0) is 24.8. The highest BCUT2D eigenvalue weighted by Crippen LogP contribution is 2.31. The summed E-state index contributed by atoms with van der Waals surface area (Å²) in [5.41, 5.74) is 12.1. The molecule has 1 heterocycles. The van der Waals surface area contributed by atoms with Crippen LogP contribution in [0.1, 0.15) is 42.3 Å². The first-order valence-electron chi connectivity index (χ1n) is 11.2. The largest absolute Gasteiger partial charge is 0.492 e. The van der Waals surface area contributed by atoms with Gasteiger partial charge in [-0.2, -0.15) is 0 Å². The fourth-order valence-electron chi connectivity index (χ4n) is 3.78. The third-order valence-electron chi connectivity index (χ3n) is 5.55. The quantitative estimate of drug-likeness (QED) is 0.157. The first-order valence-corrected chi connectivity index (χ1v) is 11.5. The zero-order valence-electron chi connectivity index (χ0n) is 19.5. The molecule has 4 rings (SSSR count). The van der Waals surface area contributed by atoms with Crippen molar-refractivity contribution >= 4 is 34.7 Å². The number of pyridine rings is 1. The Labute approximate surface area is 209 Å². The Morgan fingerprint density at radius 1 is 1.06 bits per heavy atom. The number of ether oxygens (including phenoxy) is 1. The van der Waals surface area contributed by atoms with Crippen molar-refractivity contribution in [3.05, 3.63) is 117 Å². The van der Waals surface area contributed by atoms with E-state index in [1.54, 1.807) is 19.9 Å². The minimum Gasteiger partial charge on any atom is -0.492 e. The summed E-state index contributed by atoms with van der Waals surface area (Å²) >= 11 is 6.10. The minimum absolute atomic E-state index is 0.136. The summed E-state index contributed by atoms with van der Waals surface area (Å²) in [6, 6.07) is 24.1. The van der Waals surface area contributed by atoms with Crippen molar-refractivity contribution in [3.8, 4) is 5.75 Å². The number of fused-ring (bicyclic) bond motifs is 1. The van der Waals surface area contributed by atoms with Crippen LogP contribution in [0.25, 0.3) is 33.5 Å². The lowest BCUT2D eigenvalue weighted by Gasteiger charge is -2.22. The molecule has 1 unspecified atom stereocenters. The molecule has 3 aromatic carbocycles. The van der Waals surface area contributed by atoms with Gasteiger partial charge in [-0.25, -0.2) is 4.98 Å². The second-order valence-corrected chi connectivity index (χ2v) is 9.10. The van der Waals surface area contributed by atoms with Gasteiger partial charge in [0.05, 0.1) is 22.9 Å². The Morgan fingerprint density at radius 3 is 2.66 bits per heavy atom. The van der Waals surface area contributed by atoms with Crippen molar-refractivity contribution in [2.24, 2.45) is 5.11 Å². The summed E-state index contributed by atoms with van der Waals surface area (Å²) in [4.78, 5) is 7.66. The van der Waals surface area contributed by atoms with Gasteiger partial charge < -0.3 is 9.84 Å². The average Bonchev–Trinajstić information content (AvgIpc) is 2.85. The number of halogens is 1. The van der Waals surface area contributed by atoms with E-state index >= 15 is 0 Å². The fraction of sp³-hybridized carbons (Fsp3) is 0.179. The van der Waals surface area contributed by atoms with Gasteiger partial charge in [-0.15, -0.1) is 0 Å². The van der Waals surface area contributed by atoms with Crippen LogP contribution in [0.4, 0.5) is 0 Å². The summed E-state index contributed by atoms with van der Waals surface area (Å²) in [7, 11) is 0. The predicted molar refractivity (Wildman–Crippen MR) is 141 cm³/mol. The highest BCUT2D eigenvalue weighted by Gasteiger charge is 2.21. The van der Waals surface area contributed by atoms with Gasteiger partial charge in [-0.05, 0) is 60.8 Å². The Balaban J connectivity index is 1.54. The molecule has 7 heteroatoms. The van der Waals surface area contributed by atoms with E-state index in [4.69, 9.17) is 21.9 Å². The van der Waals surface area contributed by atoms with E-state index in [-0.39, 0.29) is 6.61 Å². The van der Waals surface area contributed by atoms with Crippen LogP contribution in [0.15, 0.2) is 84.0 Å². The van der Waals surface area contributed by atoms with Gasteiger partial charge in [-0.1, -0.05) is 77.4 Å². The monoisotopic (exact) mass is 484 g/mol. The van der Waals surface area contributed by atoms with Crippen LogP contribution >= 0.6 is 11.6 Å². The maximum absolute atomic E-state index is 10.4. The first-order chi connectivity index (χ1) is 16.8. The van der Waals surface area contributed by atoms with Crippen molar-refractivity contribution in [1.29, 1.82) is 0 Å². The summed E-state index contributed by atoms with van der Waals surface area (Å²) in [6.45, 7) is 3.54. The van der Waals surface area contributed by atoms with Crippen LogP contribution < -0.4 is 4.74 Å². The number of nitrogens with zero attached hydrogens (tertiary/aromatic N) is 4. The highest BCUT2D eigenvalue weighted by atomic mass is 35.5. The molecule has 0 aliphatic carbocycles. The fourth-order valence-corrected chi connectivity index (χ4v) is 3.94. The number of benzene rings is 3. The third kappa shape index (κ3) is 6.19. The van der Waals surface area contributed by atoms with E-state index < -0.39 is 11.6 Å². The van der Waals surface area contributed by atoms with E-state index in [0.29, 0.717) is 16.3 Å². The molecule has 35 heavy (non-hydrogen) atoms. The van der Waals surface area contributed by atoms with E-state index in [2.05, 4.69) is 15.0 Å². The molecule has 0 saturated heterocycles. The van der Waals surface area contributed by atoms with Crippen LogP contribution in [0.3, 0.4) is 0 Å². The molecule has 0 aliphatic rings. The lowest BCUT2D eigenvalue weighted by atomic mass is 9.97. The maximum Gasteiger partial charge on any atom is 0.125 e. The molecule has 1 aromatic heterocycles. The molecule has 0 bridgehead atoms. The van der Waals surface area contributed by atoms with Crippen LogP contribution in [-0.4, -0.2) is 16.7 Å². The van der Waals surface area contributed by atoms with Crippen molar-refractivity contribution < 1.29 is 9.84 Å². The Hall–Kier alpha value is -3.83. The Kier molecular flexibility index (Phi) is 7.37. The predicted octanol–water partition coefficient (Wildman–Crippen LogP) is 7.72. The van der Waals surface area contributed by atoms with Gasteiger partial charge >= 0.3 is 0 Å². The van der Waals surface area contributed by atoms with E-state index in [0.717, 1.165) is 27.7 Å². The summed E-state index contributed by atoms with van der Waals surface area (Å²) in [5, 5.41) is 16.1. The van der Waals surface area contributed by atoms with Gasteiger partial charge in [0.25, 0.3) is 0 Å². The number of rotatable bonds is 8. The topological polar surface area (TPSA) is 91.1 Å². The van der Waals surface area contributed by atoms with E-state index in [9.17, 15) is 5.11 Å². The molecule has 6 nitrogen and oxygen atoms in total. The molecule has 176 valence electrons. The average molecular weight is 485 g/mol. The smallest absolute Gasteiger partial charge is 0.125 e. The van der Waals surface area contributed by atoms with Gasteiger partial charge in [-0.3, -0.25) is 0 Å². The molecule has 4 aromatic rings. The SMILES string of the molecule is CC(C)(O)c1ccccc1OCC(N=[N+]=[N-])c1cccc(C=Cc2ccc3ccc(Cl)cc3n2)c1. The third-order valence-corrected chi connectivity index (χ3v) is 5.79. The number of para-hydroxylation sites is 1. The van der Waals surface area contributed by atoms with Crippen LogP contribution in [0, 0.1) is 0 Å². The molecule has 0 fully saturated rings. The van der Waals surface area contributed by atoms with Crippen molar-refractivity contribution in [2.45, 2.75) is 25.5 Å². The van der Waals surface area contributed by atoms with Crippen LogP contribution in [0.2, 0.25) is 5.02 Å². The lowest BCUT2D eigenvalue weighted by molar-refractivity contribution is 0.0744. The van der Waals surface area contributed by atoms with Crippen LogP contribution in [0.5, 0.6) is 5.75 Å². The Morgan fingerprint density at radius 2 is 1.86 bits per heavy atom. The number of aliphatic hydroxyl groups is 1. The summed E-state index contributed by atoms with van der Waals surface area (Å²) in [5.74, 6) is 0.552. The molecule has 0 amide bonds. The molecule has 1 atom stereocenters. The summed E-state index contributed by atoms with van der Waals surface area (Å²) < 4.78 is 5.99. The first kappa shape index (κ1) is 24.3. The van der Waals surface area contributed by atoms with Gasteiger partial charge in [0.2, 0.25) is 0 Å². The second-order valence-electron chi connectivity index (χ2n) is 8.66. The number of aromatic nitrogens is 1. The normalized spacial score (nSPS) is 12.5. The molecule has 0 saturated carbocycles. The van der Waals surface area contributed by atoms with E-state index in [1.807, 2.05) is 84.9 Å². The molecule has 0 aliphatic heterocycles. The number of azide groups is 1. The molecular weight excluding hydrogens is 460 g/mol. The number of hydrogen-bond acceptors (Lipinski definition) is 4. The second kappa shape index (κ2) is 10.6. The van der Waals surface area contributed by atoms with Gasteiger partial charge in [0.15, 0.2) is 0 Å². The summed E-state index contributed by atoms with van der Waals surface area (Å²) in [6.07, 6.45) is 3.89. The maximum atomic E-state index is 10.4. The van der Waals surface area contributed by atoms with Gasteiger partial charge in [0, 0.05) is 20.9 Å². The minimum atomic E-state index is -1.06. The number of hydrogen-bond donors (Lipinski definition) is 1. The highest BCUT2D eigenvalue weighted by molar-refractivity contribution is 6.31. The van der Waals surface area contributed by atoms with Crippen molar-refractivity contribution in [3.63, 3.8) is 0 Å². The zero-order valence-corrected chi connectivity index (χ0v) is 20.2.